The molecule has 1 aromatic heterocycles. The summed E-state index contributed by atoms with van der Waals surface area (Å²) in [6.45, 7) is 4.19. The van der Waals surface area contributed by atoms with Gasteiger partial charge in [0.25, 0.3) is 11.8 Å². The Balaban J connectivity index is 1.76. The first-order chi connectivity index (χ1) is 10.3. The molecular formula is C13H18N4O4. The summed E-state index contributed by atoms with van der Waals surface area (Å²) in [5.74, 6) is -0.427. The normalized spacial score (nSPS) is 19.6. The Bertz CT molecular complexity index is 473. The average Bonchev–Trinajstić information content (AvgIpc) is 3.04. The molecule has 3 rings (SSSR count). The largest absolute Gasteiger partial charge is 0.378 e. The van der Waals surface area contributed by atoms with Gasteiger partial charge in [-0.25, -0.2) is 4.98 Å². The van der Waals surface area contributed by atoms with E-state index in [4.69, 9.17) is 9.47 Å². The number of hydrogen-bond acceptors (Lipinski definition) is 5. The van der Waals surface area contributed by atoms with Crippen molar-refractivity contribution in [2.75, 3.05) is 52.6 Å². The van der Waals surface area contributed by atoms with Gasteiger partial charge in [0.15, 0.2) is 5.69 Å². The van der Waals surface area contributed by atoms with E-state index in [1.807, 2.05) is 0 Å². The minimum absolute atomic E-state index is 0.188. The highest BCUT2D eigenvalue weighted by Crippen LogP contribution is 2.12. The molecule has 2 aliphatic rings. The third-order valence-electron chi connectivity index (χ3n) is 3.65. The van der Waals surface area contributed by atoms with Crippen LogP contribution in [0, 0.1) is 0 Å². The molecule has 21 heavy (non-hydrogen) atoms. The fourth-order valence-electron chi connectivity index (χ4n) is 2.46. The van der Waals surface area contributed by atoms with Crippen molar-refractivity contribution in [3.05, 3.63) is 17.7 Å². The molecule has 0 aliphatic carbocycles. The number of hydrogen-bond donors (Lipinski definition) is 1. The second-order valence-electron chi connectivity index (χ2n) is 4.94. The molecule has 2 amide bonds. The van der Waals surface area contributed by atoms with E-state index in [0.717, 1.165) is 0 Å². The van der Waals surface area contributed by atoms with Gasteiger partial charge in [-0.3, -0.25) is 9.59 Å². The van der Waals surface area contributed by atoms with Crippen LogP contribution in [0.5, 0.6) is 0 Å². The highest BCUT2D eigenvalue weighted by atomic mass is 16.5. The van der Waals surface area contributed by atoms with Crippen LogP contribution in [0.1, 0.15) is 21.0 Å². The molecule has 8 heteroatoms. The zero-order chi connectivity index (χ0) is 14.7. The number of nitrogens with zero attached hydrogens (tertiary/aromatic N) is 3. The monoisotopic (exact) mass is 294 g/mol. The maximum absolute atomic E-state index is 12.5. The van der Waals surface area contributed by atoms with Crippen molar-refractivity contribution in [1.29, 1.82) is 0 Å². The Labute approximate surface area is 122 Å². The third-order valence-corrected chi connectivity index (χ3v) is 3.65. The van der Waals surface area contributed by atoms with Crippen LogP contribution in [0.4, 0.5) is 0 Å². The zero-order valence-electron chi connectivity index (χ0n) is 11.7. The van der Waals surface area contributed by atoms with Gasteiger partial charge in [-0.05, 0) is 0 Å². The Hall–Kier alpha value is -1.93. The maximum atomic E-state index is 12.5. The fourth-order valence-corrected chi connectivity index (χ4v) is 2.46. The summed E-state index contributed by atoms with van der Waals surface area (Å²) in [5.41, 5.74) is 0.446. The van der Waals surface area contributed by atoms with Crippen molar-refractivity contribution in [3.63, 3.8) is 0 Å². The molecular weight excluding hydrogens is 276 g/mol. The molecule has 0 atom stereocenters. The number of rotatable bonds is 2. The molecule has 0 unspecified atom stereocenters. The van der Waals surface area contributed by atoms with E-state index < -0.39 is 0 Å². The molecule has 0 aromatic carbocycles. The molecule has 2 fully saturated rings. The van der Waals surface area contributed by atoms with Crippen molar-refractivity contribution < 1.29 is 19.1 Å². The van der Waals surface area contributed by atoms with E-state index in [2.05, 4.69) is 9.97 Å². The number of carbonyl (C=O) groups excluding carboxylic acids is 2. The topological polar surface area (TPSA) is 87.8 Å². The Morgan fingerprint density at radius 1 is 0.952 bits per heavy atom. The summed E-state index contributed by atoms with van der Waals surface area (Å²) in [7, 11) is 0. The lowest BCUT2D eigenvalue weighted by molar-refractivity contribution is 0.0274. The summed E-state index contributed by atoms with van der Waals surface area (Å²) in [6.07, 6.45) is 1.39. The lowest BCUT2D eigenvalue weighted by Gasteiger charge is -2.28. The summed E-state index contributed by atoms with van der Waals surface area (Å²) in [6, 6.07) is 0. The first-order valence-corrected chi connectivity index (χ1v) is 7.05. The first kappa shape index (κ1) is 14.0. The lowest BCUT2D eigenvalue weighted by Crippen LogP contribution is -2.43. The van der Waals surface area contributed by atoms with E-state index in [-0.39, 0.29) is 23.2 Å². The fraction of sp³-hybridized carbons (Fsp3) is 0.615. The summed E-state index contributed by atoms with van der Waals surface area (Å²) < 4.78 is 10.5. The van der Waals surface area contributed by atoms with Crippen LogP contribution in [-0.4, -0.2) is 84.2 Å². The molecule has 0 saturated carbocycles. The molecule has 114 valence electrons. The average molecular weight is 294 g/mol. The molecule has 2 aliphatic heterocycles. The van der Waals surface area contributed by atoms with Gasteiger partial charge < -0.3 is 24.3 Å². The minimum atomic E-state index is -0.226. The minimum Gasteiger partial charge on any atom is -0.378 e. The number of morpholine rings is 2. The van der Waals surface area contributed by atoms with Crippen LogP contribution in [0.15, 0.2) is 6.33 Å². The van der Waals surface area contributed by atoms with Crippen LogP contribution in [0.25, 0.3) is 0 Å². The SMILES string of the molecule is O=C(c1nc[nH]c1C(=O)N1CCOCC1)N1CCOCC1. The van der Waals surface area contributed by atoms with E-state index in [0.29, 0.717) is 52.6 Å². The molecule has 2 saturated heterocycles. The van der Waals surface area contributed by atoms with E-state index in [9.17, 15) is 9.59 Å². The van der Waals surface area contributed by atoms with Gasteiger partial charge in [0.2, 0.25) is 0 Å². The zero-order valence-corrected chi connectivity index (χ0v) is 11.7. The number of imidazole rings is 1. The quantitative estimate of drug-likeness (QED) is 0.783. The maximum Gasteiger partial charge on any atom is 0.275 e. The molecule has 8 nitrogen and oxygen atoms in total. The lowest BCUT2D eigenvalue weighted by atomic mass is 10.2. The Morgan fingerprint density at radius 3 is 2.05 bits per heavy atom. The first-order valence-electron chi connectivity index (χ1n) is 7.05. The van der Waals surface area contributed by atoms with Crippen molar-refractivity contribution in [2.24, 2.45) is 0 Å². The van der Waals surface area contributed by atoms with Gasteiger partial charge in [-0.2, -0.15) is 0 Å². The van der Waals surface area contributed by atoms with Crippen molar-refractivity contribution >= 4 is 11.8 Å². The van der Waals surface area contributed by atoms with Gasteiger partial charge in [0, 0.05) is 26.2 Å². The third kappa shape index (κ3) is 2.91. The molecule has 1 aromatic rings. The van der Waals surface area contributed by atoms with Crippen molar-refractivity contribution in [2.45, 2.75) is 0 Å². The Kier molecular flexibility index (Phi) is 4.16. The van der Waals surface area contributed by atoms with Crippen LogP contribution in [0.3, 0.4) is 0 Å². The molecule has 1 N–H and O–H groups in total. The summed E-state index contributed by atoms with van der Waals surface area (Å²) >= 11 is 0. The number of H-pyrrole nitrogens is 1. The number of ether oxygens (including phenoxy) is 2. The van der Waals surface area contributed by atoms with Crippen molar-refractivity contribution in [3.8, 4) is 0 Å². The van der Waals surface area contributed by atoms with Gasteiger partial charge in [0.05, 0.1) is 32.8 Å². The van der Waals surface area contributed by atoms with Gasteiger partial charge in [-0.15, -0.1) is 0 Å². The van der Waals surface area contributed by atoms with Crippen molar-refractivity contribution in [1.82, 2.24) is 19.8 Å². The summed E-state index contributed by atoms with van der Waals surface area (Å²) in [5, 5.41) is 0. The molecule has 0 spiro atoms. The van der Waals surface area contributed by atoms with E-state index >= 15 is 0 Å². The number of nitrogens with one attached hydrogen (secondary N) is 1. The molecule has 0 bridgehead atoms. The number of amides is 2. The van der Waals surface area contributed by atoms with Crippen LogP contribution in [0.2, 0.25) is 0 Å². The molecule has 0 radical (unpaired) electrons. The predicted molar refractivity (Wildman–Crippen MR) is 72.0 cm³/mol. The van der Waals surface area contributed by atoms with Gasteiger partial charge >= 0.3 is 0 Å². The predicted octanol–water partition coefficient (Wildman–Crippen LogP) is -0.645. The van der Waals surface area contributed by atoms with Gasteiger partial charge in [-0.1, -0.05) is 0 Å². The van der Waals surface area contributed by atoms with Gasteiger partial charge in [0.1, 0.15) is 5.69 Å². The second-order valence-corrected chi connectivity index (χ2v) is 4.94. The van der Waals surface area contributed by atoms with Crippen LogP contribution < -0.4 is 0 Å². The number of aromatic amines is 1. The number of carbonyl (C=O) groups is 2. The van der Waals surface area contributed by atoms with Crippen LogP contribution >= 0.6 is 0 Å². The highest BCUT2D eigenvalue weighted by molar-refractivity contribution is 6.04. The second kappa shape index (κ2) is 6.23. The standard InChI is InChI=1S/C13H18N4O4/c18-12(16-1-5-20-6-2-16)10-11(15-9-14-10)13(19)17-3-7-21-8-4-17/h9H,1-8H2,(H,14,15). The molecule has 3 heterocycles. The van der Waals surface area contributed by atoms with E-state index in [1.165, 1.54) is 6.33 Å². The smallest absolute Gasteiger partial charge is 0.275 e. The Morgan fingerprint density at radius 2 is 1.48 bits per heavy atom. The highest BCUT2D eigenvalue weighted by Gasteiger charge is 2.29. The number of aromatic nitrogens is 2. The van der Waals surface area contributed by atoms with Crippen LogP contribution in [-0.2, 0) is 9.47 Å². The van der Waals surface area contributed by atoms with E-state index in [1.54, 1.807) is 9.80 Å². The summed E-state index contributed by atoms with van der Waals surface area (Å²) in [4.78, 5) is 35.1.